The maximum Gasteiger partial charge on any atom is 0.306 e. The van der Waals surface area contributed by atoms with Crippen molar-refractivity contribution in [2.24, 2.45) is 5.92 Å². The molecule has 0 bridgehead atoms. The Kier molecular flexibility index (Phi) is 4.92. The molecule has 0 aliphatic heterocycles. The lowest BCUT2D eigenvalue weighted by molar-refractivity contribution is -0.385. The number of amides is 1. The van der Waals surface area contributed by atoms with Crippen LogP contribution in [0, 0.1) is 28.8 Å². The largest absolute Gasteiger partial charge is 0.481 e. The first-order chi connectivity index (χ1) is 10.8. The van der Waals surface area contributed by atoms with Gasteiger partial charge in [0, 0.05) is 11.6 Å². The predicted molar refractivity (Wildman–Crippen MR) is 78.6 cm³/mol. The van der Waals surface area contributed by atoms with E-state index < -0.39 is 34.2 Å². The molecule has 1 aromatic rings. The zero-order valence-corrected chi connectivity index (χ0v) is 12.5. The lowest BCUT2D eigenvalue weighted by Gasteiger charge is -2.26. The monoisotopic (exact) mass is 324 g/mol. The zero-order chi connectivity index (χ0) is 17.1. The second-order valence-corrected chi connectivity index (χ2v) is 5.74. The van der Waals surface area contributed by atoms with Crippen LogP contribution < -0.4 is 5.32 Å². The van der Waals surface area contributed by atoms with Crippen LogP contribution in [-0.2, 0) is 4.79 Å². The number of nitrogens with zero attached hydrogens (tertiary/aromatic N) is 1. The summed E-state index contributed by atoms with van der Waals surface area (Å²) in [5.74, 6) is -2.70. The van der Waals surface area contributed by atoms with Gasteiger partial charge in [0.05, 0.1) is 10.8 Å². The summed E-state index contributed by atoms with van der Waals surface area (Å²) in [4.78, 5) is 33.6. The highest BCUT2D eigenvalue weighted by Crippen LogP contribution is 2.27. The Hall–Kier alpha value is -2.51. The van der Waals surface area contributed by atoms with Crippen LogP contribution in [0.25, 0.3) is 0 Å². The summed E-state index contributed by atoms with van der Waals surface area (Å²) in [5.41, 5.74) is -0.647. The number of aliphatic carboxylic acids is 1. The second-order valence-electron chi connectivity index (χ2n) is 5.74. The third kappa shape index (κ3) is 3.82. The quantitative estimate of drug-likeness (QED) is 0.653. The van der Waals surface area contributed by atoms with Gasteiger partial charge in [-0.2, -0.15) is 0 Å². The first-order valence-corrected chi connectivity index (χ1v) is 7.27. The van der Waals surface area contributed by atoms with Crippen LogP contribution in [0.3, 0.4) is 0 Å². The number of hydrogen-bond donors (Lipinski definition) is 2. The van der Waals surface area contributed by atoms with Crippen molar-refractivity contribution >= 4 is 17.6 Å². The molecule has 8 heteroatoms. The SMILES string of the molecule is Cc1cc(F)cc(C(=O)NC2CCC(C(=O)O)CC2)c1[N+](=O)[O-]. The summed E-state index contributed by atoms with van der Waals surface area (Å²) in [7, 11) is 0. The lowest BCUT2D eigenvalue weighted by atomic mass is 9.86. The standard InChI is InChI=1S/C15H17FN2O5/c1-8-6-10(16)7-12(13(8)18(22)23)14(19)17-11-4-2-9(3-5-11)15(20)21/h6-7,9,11H,2-5H2,1H3,(H,17,19)(H,20,21). The van der Waals surface area contributed by atoms with Gasteiger partial charge in [-0.15, -0.1) is 0 Å². The molecule has 0 unspecified atom stereocenters. The van der Waals surface area contributed by atoms with Gasteiger partial charge in [-0.1, -0.05) is 0 Å². The minimum atomic E-state index is -0.855. The topological polar surface area (TPSA) is 110 Å². The van der Waals surface area contributed by atoms with Gasteiger partial charge in [-0.05, 0) is 44.7 Å². The molecule has 1 aliphatic carbocycles. The average molecular weight is 324 g/mol. The van der Waals surface area contributed by atoms with Gasteiger partial charge < -0.3 is 10.4 Å². The van der Waals surface area contributed by atoms with E-state index in [1.54, 1.807) is 0 Å². The van der Waals surface area contributed by atoms with Crippen LogP contribution in [-0.4, -0.2) is 27.9 Å². The summed E-state index contributed by atoms with van der Waals surface area (Å²) in [5, 5.41) is 22.7. The number of carbonyl (C=O) groups is 2. The highest BCUT2D eigenvalue weighted by molar-refractivity contribution is 5.98. The van der Waals surface area contributed by atoms with Crippen LogP contribution in [0.2, 0.25) is 0 Å². The van der Waals surface area contributed by atoms with Gasteiger partial charge in [0.15, 0.2) is 0 Å². The van der Waals surface area contributed by atoms with E-state index in [4.69, 9.17) is 5.11 Å². The maximum absolute atomic E-state index is 13.5. The Bertz CT molecular complexity index is 654. The fourth-order valence-electron chi connectivity index (χ4n) is 2.90. The molecule has 124 valence electrons. The van der Waals surface area contributed by atoms with Crippen molar-refractivity contribution < 1.29 is 24.0 Å². The third-order valence-corrected chi connectivity index (χ3v) is 4.10. The number of carboxylic acids is 1. The first-order valence-electron chi connectivity index (χ1n) is 7.27. The minimum Gasteiger partial charge on any atom is -0.481 e. The molecule has 1 aromatic carbocycles. The fourth-order valence-corrected chi connectivity index (χ4v) is 2.90. The van der Waals surface area contributed by atoms with Crippen LogP contribution in [0.5, 0.6) is 0 Å². The number of benzene rings is 1. The number of halogens is 1. The normalized spacial score (nSPS) is 20.8. The van der Waals surface area contributed by atoms with E-state index in [-0.39, 0.29) is 17.2 Å². The summed E-state index contributed by atoms with van der Waals surface area (Å²) >= 11 is 0. The molecule has 0 atom stereocenters. The Morgan fingerprint density at radius 1 is 1.30 bits per heavy atom. The maximum atomic E-state index is 13.5. The van der Waals surface area contributed by atoms with E-state index in [9.17, 15) is 24.1 Å². The molecule has 1 saturated carbocycles. The number of hydrogen-bond acceptors (Lipinski definition) is 4. The minimum absolute atomic E-state index is 0.0785. The number of nitro groups is 1. The fraction of sp³-hybridized carbons (Fsp3) is 0.467. The molecule has 0 spiro atoms. The highest BCUT2D eigenvalue weighted by atomic mass is 19.1. The number of carbonyl (C=O) groups excluding carboxylic acids is 1. The molecule has 7 nitrogen and oxygen atoms in total. The predicted octanol–water partition coefficient (Wildman–Crippen LogP) is 2.42. The first kappa shape index (κ1) is 16.9. The third-order valence-electron chi connectivity index (χ3n) is 4.10. The number of nitro benzene ring substituents is 1. The zero-order valence-electron chi connectivity index (χ0n) is 12.5. The number of carboxylic acid groups (broad SMARTS) is 1. The van der Waals surface area contributed by atoms with Crippen LogP contribution in [0.1, 0.15) is 41.6 Å². The van der Waals surface area contributed by atoms with Crippen molar-refractivity contribution in [1.82, 2.24) is 5.32 Å². The molecule has 1 aliphatic rings. The molecule has 23 heavy (non-hydrogen) atoms. The Morgan fingerprint density at radius 3 is 2.43 bits per heavy atom. The van der Waals surface area contributed by atoms with Crippen molar-refractivity contribution in [3.05, 3.63) is 39.2 Å². The van der Waals surface area contributed by atoms with Gasteiger partial charge in [0.2, 0.25) is 0 Å². The smallest absolute Gasteiger partial charge is 0.306 e. The molecule has 2 N–H and O–H groups in total. The average Bonchev–Trinajstić information content (AvgIpc) is 2.46. The number of rotatable bonds is 4. The molecule has 1 amide bonds. The molecule has 1 fully saturated rings. The van der Waals surface area contributed by atoms with E-state index in [1.807, 2.05) is 0 Å². The van der Waals surface area contributed by atoms with E-state index in [2.05, 4.69) is 5.32 Å². The molecule has 0 heterocycles. The summed E-state index contributed by atoms with van der Waals surface area (Å²) < 4.78 is 13.5. The lowest BCUT2D eigenvalue weighted by Crippen LogP contribution is -2.39. The number of aryl methyl sites for hydroxylation is 1. The van der Waals surface area contributed by atoms with Crippen molar-refractivity contribution in [1.29, 1.82) is 0 Å². The summed E-state index contributed by atoms with van der Waals surface area (Å²) in [6.07, 6.45) is 1.82. The van der Waals surface area contributed by atoms with Gasteiger partial charge >= 0.3 is 5.97 Å². The van der Waals surface area contributed by atoms with Crippen LogP contribution in [0.4, 0.5) is 10.1 Å². The molecule has 0 aromatic heterocycles. The van der Waals surface area contributed by atoms with Crippen molar-refractivity contribution in [2.45, 2.75) is 38.6 Å². The van der Waals surface area contributed by atoms with Crippen molar-refractivity contribution in [3.63, 3.8) is 0 Å². The molecule has 0 radical (unpaired) electrons. The van der Waals surface area contributed by atoms with E-state index in [0.29, 0.717) is 25.7 Å². The van der Waals surface area contributed by atoms with Crippen LogP contribution in [0.15, 0.2) is 12.1 Å². The highest BCUT2D eigenvalue weighted by Gasteiger charge is 2.29. The van der Waals surface area contributed by atoms with Gasteiger partial charge in [0.25, 0.3) is 11.6 Å². The second kappa shape index (κ2) is 6.72. The van der Waals surface area contributed by atoms with E-state index in [1.165, 1.54) is 6.92 Å². The molecular formula is C15H17FN2O5. The Balaban J connectivity index is 2.13. The van der Waals surface area contributed by atoms with E-state index in [0.717, 1.165) is 12.1 Å². The van der Waals surface area contributed by atoms with Gasteiger partial charge in [-0.25, -0.2) is 4.39 Å². The van der Waals surface area contributed by atoms with Crippen molar-refractivity contribution in [2.75, 3.05) is 0 Å². The van der Waals surface area contributed by atoms with Crippen molar-refractivity contribution in [3.8, 4) is 0 Å². The Morgan fingerprint density at radius 2 is 1.91 bits per heavy atom. The van der Waals surface area contributed by atoms with E-state index >= 15 is 0 Å². The summed E-state index contributed by atoms with van der Waals surface area (Å²) in [6, 6.07) is 1.59. The molecule has 2 rings (SSSR count). The Labute approximate surface area is 131 Å². The number of nitrogens with one attached hydrogen (secondary N) is 1. The molecular weight excluding hydrogens is 307 g/mol. The van der Waals surface area contributed by atoms with Gasteiger partial charge in [-0.3, -0.25) is 19.7 Å². The van der Waals surface area contributed by atoms with Crippen LogP contribution >= 0.6 is 0 Å². The van der Waals surface area contributed by atoms with Gasteiger partial charge in [0.1, 0.15) is 11.4 Å². The molecule has 0 saturated heterocycles. The summed E-state index contributed by atoms with van der Waals surface area (Å²) in [6.45, 7) is 1.37.